The molecule has 0 aromatic heterocycles. The maximum atomic E-state index is 11.3. The summed E-state index contributed by atoms with van der Waals surface area (Å²) in [5, 5.41) is 0. The van der Waals surface area contributed by atoms with E-state index < -0.39 is 0 Å². The topological polar surface area (TPSA) is 29.5 Å². The number of rotatable bonds is 6. The van der Waals surface area contributed by atoms with Gasteiger partial charge < -0.3 is 9.64 Å². The first-order valence-corrected chi connectivity index (χ1v) is 8.00. The number of piperidine rings is 1. The molecular formula is C18H27NO2. The van der Waals surface area contributed by atoms with Gasteiger partial charge in [-0.2, -0.15) is 0 Å². The lowest BCUT2D eigenvalue weighted by Gasteiger charge is -2.34. The monoisotopic (exact) mass is 289 g/mol. The second-order valence-corrected chi connectivity index (χ2v) is 6.49. The Kier molecular flexibility index (Phi) is 5.80. The molecule has 0 spiro atoms. The Balaban J connectivity index is 1.72. The van der Waals surface area contributed by atoms with Gasteiger partial charge in [0.25, 0.3) is 0 Å². The molecular weight excluding hydrogens is 262 g/mol. The van der Waals surface area contributed by atoms with E-state index in [2.05, 4.69) is 18.7 Å². The number of ether oxygens (including phenoxy) is 1. The third-order valence-corrected chi connectivity index (χ3v) is 4.07. The minimum Gasteiger partial charge on any atom is -0.494 e. The van der Waals surface area contributed by atoms with Crippen molar-refractivity contribution in [1.29, 1.82) is 0 Å². The zero-order valence-electron chi connectivity index (χ0n) is 13.5. The highest BCUT2D eigenvalue weighted by atomic mass is 16.5. The van der Waals surface area contributed by atoms with Crippen LogP contribution in [-0.2, 0) is 0 Å². The van der Waals surface area contributed by atoms with Crippen molar-refractivity contribution < 1.29 is 9.53 Å². The van der Waals surface area contributed by atoms with Crippen molar-refractivity contribution >= 4 is 5.78 Å². The van der Waals surface area contributed by atoms with E-state index >= 15 is 0 Å². The largest absolute Gasteiger partial charge is 0.494 e. The van der Waals surface area contributed by atoms with Gasteiger partial charge in [-0.05, 0) is 43.7 Å². The quantitative estimate of drug-likeness (QED) is 0.591. The van der Waals surface area contributed by atoms with Crippen molar-refractivity contribution in [2.24, 2.45) is 11.8 Å². The summed E-state index contributed by atoms with van der Waals surface area (Å²) in [5.74, 6) is 2.49. The van der Waals surface area contributed by atoms with E-state index in [0.717, 1.165) is 30.6 Å². The smallest absolute Gasteiger partial charge is 0.159 e. The molecule has 3 heteroatoms. The van der Waals surface area contributed by atoms with Crippen LogP contribution in [0.2, 0.25) is 0 Å². The summed E-state index contributed by atoms with van der Waals surface area (Å²) in [6, 6.07) is 7.44. The zero-order chi connectivity index (χ0) is 15.2. The maximum absolute atomic E-state index is 11.3. The van der Waals surface area contributed by atoms with Crippen molar-refractivity contribution in [2.75, 3.05) is 26.2 Å². The Morgan fingerprint density at radius 3 is 2.67 bits per heavy atom. The fourth-order valence-electron chi connectivity index (χ4n) is 3.26. The summed E-state index contributed by atoms with van der Waals surface area (Å²) in [6.07, 6.45) is 2.38. The number of Topliss-reactive ketones (excluding diaryl/α,β-unsaturated/α-hetero) is 1. The molecule has 3 nitrogen and oxygen atoms in total. The number of hydrogen-bond donors (Lipinski definition) is 0. The van der Waals surface area contributed by atoms with Gasteiger partial charge in [-0.1, -0.05) is 26.0 Å². The SMILES string of the molecule is CC(=O)c1cccc(OCCCN2C[C@H](C)C[C@@H](C)C2)c1. The van der Waals surface area contributed by atoms with Crippen LogP contribution in [0.5, 0.6) is 5.75 Å². The van der Waals surface area contributed by atoms with E-state index in [1.165, 1.54) is 19.5 Å². The molecule has 1 aromatic rings. The summed E-state index contributed by atoms with van der Waals surface area (Å²) in [6.45, 7) is 10.5. The van der Waals surface area contributed by atoms with Crippen LogP contribution in [0.15, 0.2) is 24.3 Å². The molecule has 0 saturated carbocycles. The Morgan fingerprint density at radius 1 is 1.29 bits per heavy atom. The van der Waals surface area contributed by atoms with E-state index in [9.17, 15) is 4.79 Å². The average molecular weight is 289 g/mol. The second kappa shape index (κ2) is 7.60. The van der Waals surface area contributed by atoms with E-state index in [1.807, 2.05) is 24.3 Å². The molecule has 1 saturated heterocycles. The number of ketones is 1. The summed E-state index contributed by atoms with van der Waals surface area (Å²) < 4.78 is 5.76. The van der Waals surface area contributed by atoms with Crippen LogP contribution in [0, 0.1) is 11.8 Å². The molecule has 116 valence electrons. The molecule has 1 aromatic carbocycles. The van der Waals surface area contributed by atoms with Crippen LogP contribution in [0.1, 0.15) is 44.0 Å². The van der Waals surface area contributed by atoms with Crippen LogP contribution < -0.4 is 4.74 Å². The maximum Gasteiger partial charge on any atom is 0.159 e. The number of benzene rings is 1. The van der Waals surface area contributed by atoms with Gasteiger partial charge in [-0.3, -0.25) is 4.79 Å². The lowest BCUT2D eigenvalue weighted by molar-refractivity contribution is 0.101. The van der Waals surface area contributed by atoms with Gasteiger partial charge in [0, 0.05) is 25.2 Å². The summed E-state index contributed by atoms with van der Waals surface area (Å²) >= 11 is 0. The molecule has 0 radical (unpaired) electrons. The lowest BCUT2D eigenvalue weighted by atomic mass is 9.92. The van der Waals surface area contributed by atoms with E-state index in [1.54, 1.807) is 6.92 Å². The van der Waals surface area contributed by atoms with Crippen molar-refractivity contribution in [3.63, 3.8) is 0 Å². The van der Waals surface area contributed by atoms with Crippen molar-refractivity contribution in [1.82, 2.24) is 4.90 Å². The van der Waals surface area contributed by atoms with E-state index in [-0.39, 0.29) is 5.78 Å². The predicted molar refractivity (Wildman–Crippen MR) is 85.9 cm³/mol. The Bertz CT molecular complexity index is 462. The highest BCUT2D eigenvalue weighted by molar-refractivity contribution is 5.94. The molecule has 0 amide bonds. The van der Waals surface area contributed by atoms with Gasteiger partial charge in [0.1, 0.15) is 5.75 Å². The minimum absolute atomic E-state index is 0.0803. The molecule has 1 heterocycles. The van der Waals surface area contributed by atoms with Gasteiger partial charge in [0.05, 0.1) is 6.61 Å². The fraction of sp³-hybridized carbons (Fsp3) is 0.611. The van der Waals surface area contributed by atoms with E-state index in [4.69, 9.17) is 4.74 Å². The van der Waals surface area contributed by atoms with Crippen LogP contribution in [-0.4, -0.2) is 36.9 Å². The van der Waals surface area contributed by atoms with Crippen LogP contribution in [0.3, 0.4) is 0 Å². The molecule has 2 rings (SSSR count). The second-order valence-electron chi connectivity index (χ2n) is 6.49. The third-order valence-electron chi connectivity index (χ3n) is 4.07. The lowest BCUT2D eigenvalue weighted by Crippen LogP contribution is -2.39. The molecule has 21 heavy (non-hydrogen) atoms. The summed E-state index contributed by atoms with van der Waals surface area (Å²) in [5.41, 5.74) is 0.714. The van der Waals surface area contributed by atoms with Crippen LogP contribution in [0.4, 0.5) is 0 Å². The van der Waals surface area contributed by atoms with Crippen molar-refractivity contribution in [3.05, 3.63) is 29.8 Å². The first-order chi connectivity index (χ1) is 10.0. The van der Waals surface area contributed by atoms with Gasteiger partial charge in [0.15, 0.2) is 5.78 Å². The molecule has 1 fully saturated rings. The molecule has 1 aliphatic heterocycles. The highest BCUT2D eigenvalue weighted by Crippen LogP contribution is 2.21. The molecule has 1 aliphatic rings. The molecule has 0 bridgehead atoms. The van der Waals surface area contributed by atoms with Crippen LogP contribution in [0.25, 0.3) is 0 Å². The molecule has 0 N–H and O–H groups in total. The average Bonchev–Trinajstić information content (AvgIpc) is 2.43. The highest BCUT2D eigenvalue weighted by Gasteiger charge is 2.20. The molecule has 0 unspecified atom stereocenters. The van der Waals surface area contributed by atoms with Gasteiger partial charge >= 0.3 is 0 Å². The molecule has 0 aliphatic carbocycles. The molecule has 2 atom stereocenters. The number of carbonyl (C=O) groups excluding carboxylic acids is 1. The summed E-state index contributed by atoms with van der Waals surface area (Å²) in [4.78, 5) is 13.9. The zero-order valence-corrected chi connectivity index (χ0v) is 13.5. The van der Waals surface area contributed by atoms with Gasteiger partial charge in [-0.25, -0.2) is 0 Å². The Hall–Kier alpha value is -1.35. The summed E-state index contributed by atoms with van der Waals surface area (Å²) in [7, 11) is 0. The van der Waals surface area contributed by atoms with E-state index in [0.29, 0.717) is 12.2 Å². The third kappa shape index (κ3) is 5.16. The standard InChI is InChI=1S/C18H27NO2/c1-14-10-15(2)13-19(12-14)8-5-9-21-18-7-4-6-17(11-18)16(3)20/h4,6-7,11,14-15H,5,8-10,12-13H2,1-3H3/t14-,15-/m1/s1. The Morgan fingerprint density at radius 2 is 2.00 bits per heavy atom. The van der Waals surface area contributed by atoms with Crippen molar-refractivity contribution in [3.8, 4) is 5.75 Å². The number of carbonyl (C=O) groups is 1. The Labute approximate surface area is 128 Å². The normalized spacial score (nSPS) is 23.0. The van der Waals surface area contributed by atoms with Gasteiger partial charge in [-0.15, -0.1) is 0 Å². The predicted octanol–water partition coefficient (Wildman–Crippen LogP) is 3.64. The minimum atomic E-state index is 0.0803. The number of nitrogens with zero attached hydrogens (tertiary/aromatic N) is 1. The van der Waals surface area contributed by atoms with Crippen LogP contribution >= 0.6 is 0 Å². The first-order valence-electron chi connectivity index (χ1n) is 8.00. The first kappa shape index (κ1) is 16.0. The van der Waals surface area contributed by atoms with Crippen molar-refractivity contribution in [2.45, 2.75) is 33.6 Å². The fourth-order valence-corrected chi connectivity index (χ4v) is 3.26. The number of likely N-dealkylation sites (tertiary alicyclic amines) is 1. The van der Waals surface area contributed by atoms with Gasteiger partial charge in [0.2, 0.25) is 0 Å². The number of hydrogen-bond acceptors (Lipinski definition) is 3.